The Hall–Kier alpha value is -2.40. The minimum absolute atomic E-state index is 0.133. The molecule has 0 radical (unpaired) electrons. The van der Waals surface area contributed by atoms with Crippen molar-refractivity contribution in [1.82, 2.24) is 10.6 Å². The van der Waals surface area contributed by atoms with Gasteiger partial charge in [-0.1, -0.05) is 19.8 Å². The first kappa shape index (κ1) is 29.6. The molecule has 0 bridgehead atoms. The van der Waals surface area contributed by atoms with Gasteiger partial charge in [-0.05, 0) is 54.4 Å². The summed E-state index contributed by atoms with van der Waals surface area (Å²) in [5.41, 5.74) is 4.82. The van der Waals surface area contributed by atoms with Gasteiger partial charge >= 0.3 is 18.2 Å². The predicted molar refractivity (Wildman–Crippen MR) is 127 cm³/mol. The lowest BCUT2D eigenvalue weighted by Gasteiger charge is -2.27. The van der Waals surface area contributed by atoms with Crippen LogP contribution in [0.4, 0.5) is 9.59 Å². The molecule has 5 unspecified atom stereocenters. The smallest absolute Gasteiger partial charge is 0.414 e. The Balaban J connectivity index is 3.28. The Bertz CT molecular complexity index is 711. The van der Waals surface area contributed by atoms with Gasteiger partial charge in [0.05, 0.1) is 25.2 Å². The predicted octanol–water partition coefficient (Wildman–Crippen LogP) is 2.45. The van der Waals surface area contributed by atoms with Gasteiger partial charge in [-0.15, -0.1) is 0 Å². The topological polar surface area (TPSA) is 162 Å². The number of hydrogen-bond acceptors (Lipinski definition) is 9. The van der Waals surface area contributed by atoms with Crippen LogP contribution in [0.25, 0.3) is 0 Å². The number of ether oxygens (including phenoxy) is 3. The van der Waals surface area contributed by atoms with Crippen molar-refractivity contribution >= 4 is 24.1 Å². The number of guanidine groups is 1. The van der Waals surface area contributed by atoms with E-state index >= 15 is 0 Å². The van der Waals surface area contributed by atoms with E-state index in [1.54, 1.807) is 41.5 Å². The minimum atomic E-state index is -1.09. The van der Waals surface area contributed by atoms with E-state index in [0.717, 1.165) is 12.8 Å². The number of hydrogen-bond donors (Lipinski definition) is 4. The van der Waals surface area contributed by atoms with E-state index in [1.165, 1.54) is 7.11 Å². The fourth-order valence-electron chi connectivity index (χ4n) is 3.81. The highest BCUT2D eigenvalue weighted by atomic mass is 16.6. The lowest BCUT2D eigenvalue weighted by atomic mass is 9.89. The Morgan fingerprint density at radius 2 is 1.56 bits per heavy atom. The summed E-state index contributed by atoms with van der Waals surface area (Å²) in [5.74, 6) is -2.22. The molecule has 11 heteroatoms. The molecule has 0 spiro atoms. The second-order valence-corrected chi connectivity index (χ2v) is 10.5. The molecule has 196 valence electrons. The number of rotatable bonds is 6. The van der Waals surface area contributed by atoms with Gasteiger partial charge in [-0.3, -0.25) is 15.4 Å². The van der Waals surface area contributed by atoms with E-state index in [0.29, 0.717) is 6.42 Å². The summed E-state index contributed by atoms with van der Waals surface area (Å²) in [7, 11) is 1.25. The van der Waals surface area contributed by atoms with E-state index in [4.69, 9.17) is 19.9 Å². The zero-order valence-corrected chi connectivity index (χ0v) is 21.6. The third-order valence-electron chi connectivity index (χ3n) is 5.17. The van der Waals surface area contributed by atoms with Crippen LogP contribution in [0.3, 0.4) is 0 Å². The number of nitrogens with two attached hydrogens (primary N) is 1. The number of nitrogens with zero attached hydrogens (tertiary/aromatic N) is 1. The lowest BCUT2D eigenvalue weighted by Crippen LogP contribution is -2.48. The van der Waals surface area contributed by atoms with Gasteiger partial charge in [0.15, 0.2) is 0 Å². The van der Waals surface area contributed by atoms with E-state index in [9.17, 15) is 19.5 Å². The second-order valence-electron chi connectivity index (χ2n) is 10.5. The summed E-state index contributed by atoms with van der Waals surface area (Å²) in [6.45, 7) is 12.2. The number of methoxy groups -OCH3 is 1. The number of nitrogens with one attached hydrogen (secondary N) is 2. The quantitative estimate of drug-likeness (QED) is 0.193. The average molecular weight is 487 g/mol. The van der Waals surface area contributed by atoms with Crippen LogP contribution in [0.15, 0.2) is 4.99 Å². The standard InChI is InChI=1S/C23H42N4O7/c1-9-10-11-14(24)16-15(12-13(17(16)28)18(29)32-8)25-19(26-20(30)33-22(2,3)4)27-21(31)34-23(5,6)7/h13-17,28H,9-12,24H2,1-8H3,(H2,25,26,27,30,31). The van der Waals surface area contributed by atoms with Gasteiger partial charge < -0.3 is 25.1 Å². The first-order valence-electron chi connectivity index (χ1n) is 11.7. The number of carbonyl (C=O) groups is 3. The molecule has 0 aromatic rings. The van der Waals surface area contributed by atoms with Crippen LogP contribution in [0.1, 0.15) is 74.1 Å². The van der Waals surface area contributed by atoms with Crippen molar-refractivity contribution in [3.63, 3.8) is 0 Å². The van der Waals surface area contributed by atoms with E-state index in [1.807, 2.05) is 6.92 Å². The van der Waals surface area contributed by atoms with E-state index in [-0.39, 0.29) is 12.4 Å². The maximum atomic E-state index is 12.4. The number of aliphatic hydroxyl groups excluding tert-OH is 1. The molecule has 1 aliphatic rings. The zero-order valence-electron chi connectivity index (χ0n) is 21.6. The molecule has 1 saturated carbocycles. The summed E-state index contributed by atoms with van der Waals surface area (Å²) in [6.07, 6.45) is -0.258. The average Bonchev–Trinajstić information content (AvgIpc) is 2.98. The number of aliphatic hydroxyl groups is 1. The highest BCUT2D eigenvalue weighted by molar-refractivity contribution is 6.01. The normalized spacial score (nSPS) is 23.5. The fourth-order valence-corrected chi connectivity index (χ4v) is 3.81. The van der Waals surface area contributed by atoms with Gasteiger partial charge in [0, 0.05) is 12.0 Å². The first-order chi connectivity index (χ1) is 15.6. The molecule has 11 nitrogen and oxygen atoms in total. The van der Waals surface area contributed by atoms with Crippen LogP contribution in [0, 0.1) is 11.8 Å². The summed E-state index contributed by atoms with van der Waals surface area (Å²) in [5, 5.41) is 15.8. The lowest BCUT2D eigenvalue weighted by molar-refractivity contribution is -0.148. The number of alkyl carbamates (subject to hydrolysis) is 2. The molecule has 1 aliphatic carbocycles. The van der Waals surface area contributed by atoms with Crippen LogP contribution < -0.4 is 16.4 Å². The Morgan fingerprint density at radius 3 is 1.97 bits per heavy atom. The van der Waals surface area contributed by atoms with Gasteiger partial charge in [0.25, 0.3) is 0 Å². The summed E-state index contributed by atoms with van der Waals surface area (Å²) < 4.78 is 15.4. The maximum Gasteiger partial charge on any atom is 0.414 e. The Morgan fingerprint density at radius 1 is 1.06 bits per heavy atom. The highest BCUT2D eigenvalue weighted by Crippen LogP contribution is 2.37. The molecular weight excluding hydrogens is 444 g/mol. The van der Waals surface area contributed by atoms with Crippen molar-refractivity contribution in [3.8, 4) is 0 Å². The summed E-state index contributed by atoms with van der Waals surface area (Å²) in [6, 6.07) is -1.13. The number of amides is 2. The third kappa shape index (κ3) is 9.84. The van der Waals surface area contributed by atoms with E-state index < -0.39 is 59.4 Å². The largest absolute Gasteiger partial charge is 0.469 e. The molecule has 0 saturated heterocycles. The number of esters is 1. The molecule has 0 heterocycles. The molecule has 1 fully saturated rings. The Kier molecular flexibility index (Phi) is 10.8. The molecular formula is C23H42N4O7. The number of aliphatic imine (C=N–C) groups is 1. The van der Waals surface area contributed by atoms with Crippen LogP contribution in [-0.2, 0) is 19.0 Å². The fraction of sp³-hybridized carbons (Fsp3) is 0.826. The zero-order chi connectivity index (χ0) is 26.3. The molecule has 5 N–H and O–H groups in total. The van der Waals surface area contributed by atoms with Crippen molar-refractivity contribution in [2.75, 3.05) is 7.11 Å². The maximum absolute atomic E-state index is 12.4. The van der Waals surface area contributed by atoms with Gasteiger partial charge in [-0.25, -0.2) is 14.6 Å². The summed E-state index contributed by atoms with van der Waals surface area (Å²) in [4.78, 5) is 41.5. The Labute approximate surface area is 202 Å². The first-order valence-corrected chi connectivity index (χ1v) is 11.7. The van der Waals surface area contributed by atoms with Crippen molar-refractivity contribution in [1.29, 1.82) is 0 Å². The van der Waals surface area contributed by atoms with Crippen molar-refractivity contribution in [2.45, 2.75) is 104 Å². The van der Waals surface area contributed by atoms with Crippen molar-refractivity contribution in [3.05, 3.63) is 0 Å². The van der Waals surface area contributed by atoms with Crippen molar-refractivity contribution < 1.29 is 33.7 Å². The molecule has 0 aromatic heterocycles. The SMILES string of the molecule is CCCCC(N)C1C(N=C(NC(=O)OC(C)(C)C)NC(=O)OC(C)(C)C)CC(C(=O)OC)C1O. The van der Waals surface area contributed by atoms with Gasteiger partial charge in [0.1, 0.15) is 11.2 Å². The van der Waals surface area contributed by atoms with E-state index in [2.05, 4.69) is 15.6 Å². The van der Waals surface area contributed by atoms with Crippen LogP contribution >= 0.6 is 0 Å². The minimum Gasteiger partial charge on any atom is -0.469 e. The van der Waals surface area contributed by atoms with Crippen LogP contribution in [0.5, 0.6) is 0 Å². The van der Waals surface area contributed by atoms with Crippen molar-refractivity contribution in [2.24, 2.45) is 22.6 Å². The summed E-state index contributed by atoms with van der Waals surface area (Å²) >= 11 is 0. The molecule has 5 atom stereocenters. The molecule has 1 rings (SSSR count). The molecule has 0 aromatic carbocycles. The highest BCUT2D eigenvalue weighted by Gasteiger charge is 2.49. The molecule has 2 amide bonds. The number of unbranched alkanes of at least 4 members (excludes halogenated alkanes) is 1. The van der Waals surface area contributed by atoms with Crippen LogP contribution in [0.2, 0.25) is 0 Å². The third-order valence-corrected chi connectivity index (χ3v) is 5.17. The second kappa shape index (κ2) is 12.3. The molecule has 34 heavy (non-hydrogen) atoms. The van der Waals surface area contributed by atoms with Crippen LogP contribution in [-0.4, -0.2) is 65.7 Å². The van der Waals surface area contributed by atoms with Gasteiger partial charge in [0.2, 0.25) is 5.96 Å². The monoisotopic (exact) mass is 486 g/mol. The number of carbonyl (C=O) groups excluding carboxylic acids is 3. The molecule has 0 aliphatic heterocycles. The van der Waals surface area contributed by atoms with Gasteiger partial charge in [-0.2, -0.15) is 0 Å².